The molecule has 0 bridgehead atoms. The first-order valence-electron chi connectivity index (χ1n) is 11.7. The lowest BCUT2D eigenvalue weighted by Crippen LogP contribution is -2.25. The largest absolute Gasteiger partial charge is 0.493 e. The molecule has 33 heavy (non-hydrogen) atoms. The Kier molecular flexibility index (Phi) is 10.2. The van der Waals surface area contributed by atoms with Crippen molar-refractivity contribution < 1.29 is 23.8 Å². The van der Waals surface area contributed by atoms with Crippen molar-refractivity contribution in [3.63, 3.8) is 0 Å². The first-order valence-corrected chi connectivity index (χ1v) is 11.7. The van der Waals surface area contributed by atoms with Crippen molar-refractivity contribution in [3.8, 4) is 17.2 Å². The van der Waals surface area contributed by atoms with Gasteiger partial charge in [-0.3, -0.25) is 9.59 Å². The highest BCUT2D eigenvalue weighted by atomic mass is 16.5. The van der Waals surface area contributed by atoms with Gasteiger partial charge in [0.2, 0.25) is 0 Å². The van der Waals surface area contributed by atoms with E-state index in [-0.39, 0.29) is 11.8 Å². The Morgan fingerprint density at radius 3 is 1.88 bits per heavy atom. The fourth-order valence-electron chi connectivity index (χ4n) is 2.80. The predicted octanol–water partition coefficient (Wildman–Crippen LogP) is 6.89. The maximum atomic E-state index is 12.8. The van der Waals surface area contributed by atoms with Gasteiger partial charge in [0.15, 0.2) is 5.78 Å². The summed E-state index contributed by atoms with van der Waals surface area (Å²) in [4.78, 5) is 24.8. The topological polar surface area (TPSA) is 61.8 Å². The van der Waals surface area contributed by atoms with Crippen LogP contribution in [0.4, 0.5) is 0 Å². The third-order valence-electron chi connectivity index (χ3n) is 4.90. The molecule has 2 rings (SSSR count). The summed E-state index contributed by atoms with van der Waals surface area (Å²) in [5.74, 6) is 1.33. The molecule has 0 spiro atoms. The van der Waals surface area contributed by atoms with Crippen LogP contribution in [0.15, 0.2) is 48.5 Å². The van der Waals surface area contributed by atoms with Crippen LogP contribution in [0, 0.1) is 5.41 Å². The summed E-state index contributed by atoms with van der Waals surface area (Å²) in [5.41, 5.74) is 0.661. The summed E-state index contributed by atoms with van der Waals surface area (Å²) in [6.45, 7) is 10.8. The summed E-state index contributed by atoms with van der Waals surface area (Å²) in [6.07, 6.45) is 7.25. The monoisotopic (exact) mass is 452 g/mol. The maximum Gasteiger partial charge on any atom is 0.316 e. The Morgan fingerprint density at radius 1 is 0.848 bits per heavy atom. The third kappa shape index (κ3) is 8.41. The van der Waals surface area contributed by atoms with Crippen LogP contribution >= 0.6 is 0 Å². The maximum absolute atomic E-state index is 12.8. The number of carbonyl (C=O) groups excluding carboxylic acids is 2. The van der Waals surface area contributed by atoms with Crippen molar-refractivity contribution in [2.24, 2.45) is 5.41 Å². The van der Waals surface area contributed by atoms with Crippen molar-refractivity contribution >= 4 is 17.8 Å². The van der Waals surface area contributed by atoms with Crippen LogP contribution in [0.25, 0.3) is 6.08 Å². The van der Waals surface area contributed by atoms with Crippen LogP contribution in [-0.4, -0.2) is 25.0 Å². The van der Waals surface area contributed by atoms with Crippen LogP contribution in [0.2, 0.25) is 0 Å². The van der Waals surface area contributed by atoms with E-state index in [0.29, 0.717) is 36.0 Å². The lowest BCUT2D eigenvalue weighted by molar-refractivity contribution is -0.143. The Morgan fingerprint density at radius 2 is 1.39 bits per heavy atom. The number of unbranched alkanes of at least 4 members (excludes halogenated alkanes) is 2. The van der Waals surface area contributed by atoms with E-state index in [0.717, 1.165) is 31.2 Å². The summed E-state index contributed by atoms with van der Waals surface area (Å²) >= 11 is 0. The number of hydrogen-bond acceptors (Lipinski definition) is 5. The molecule has 178 valence electrons. The number of ether oxygens (including phenoxy) is 3. The van der Waals surface area contributed by atoms with E-state index in [1.54, 1.807) is 51.1 Å². The summed E-state index contributed by atoms with van der Waals surface area (Å²) < 4.78 is 17.3. The van der Waals surface area contributed by atoms with Gasteiger partial charge in [-0.25, -0.2) is 0 Å². The second-order valence-corrected chi connectivity index (χ2v) is 8.93. The first-order chi connectivity index (χ1) is 15.8. The molecule has 0 aromatic heterocycles. The van der Waals surface area contributed by atoms with Crippen LogP contribution in [0.5, 0.6) is 17.2 Å². The Hall–Kier alpha value is -3.08. The number of allylic oxidation sites excluding steroid dienone is 1. The zero-order valence-electron chi connectivity index (χ0n) is 20.5. The summed E-state index contributed by atoms with van der Waals surface area (Å²) in [5, 5.41) is 0. The molecule has 0 saturated heterocycles. The Labute approximate surface area is 197 Å². The highest BCUT2D eigenvalue weighted by molar-refractivity contribution is 6.07. The van der Waals surface area contributed by atoms with Crippen molar-refractivity contribution in [2.75, 3.05) is 13.2 Å². The molecule has 0 radical (unpaired) electrons. The number of hydrogen-bond donors (Lipinski definition) is 0. The van der Waals surface area contributed by atoms with Gasteiger partial charge in [-0.15, -0.1) is 0 Å². The summed E-state index contributed by atoms with van der Waals surface area (Å²) in [7, 11) is 0. The number of rotatable bonds is 12. The van der Waals surface area contributed by atoms with Gasteiger partial charge in [-0.05, 0) is 82.2 Å². The SMILES string of the molecule is CCCCOc1cccc(OCCCC)c1C=CC(=O)c1ccc(OC(=O)C(C)(C)C)cc1. The molecule has 0 amide bonds. The van der Waals surface area contributed by atoms with Crippen LogP contribution in [0.3, 0.4) is 0 Å². The second kappa shape index (κ2) is 12.8. The molecular weight excluding hydrogens is 416 g/mol. The van der Waals surface area contributed by atoms with Gasteiger partial charge in [0, 0.05) is 5.56 Å². The minimum Gasteiger partial charge on any atom is -0.493 e. The first kappa shape index (κ1) is 26.2. The molecule has 0 saturated carbocycles. The molecule has 0 aliphatic heterocycles. The predicted molar refractivity (Wildman–Crippen MR) is 132 cm³/mol. The van der Waals surface area contributed by atoms with E-state index >= 15 is 0 Å². The van der Waals surface area contributed by atoms with E-state index in [4.69, 9.17) is 14.2 Å². The van der Waals surface area contributed by atoms with Crippen molar-refractivity contribution in [3.05, 3.63) is 59.7 Å². The molecule has 0 aliphatic rings. The third-order valence-corrected chi connectivity index (χ3v) is 4.90. The zero-order valence-corrected chi connectivity index (χ0v) is 20.5. The average molecular weight is 453 g/mol. The molecule has 0 atom stereocenters. The zero-order chi connectivity index (χ0) is 24.3. The molecule has 5 heteroatoms. The van der Waals surface area contributed by atoms with Gasteiger partial charge in [0.25, 0.3) is 0 Å². The lowest BCUT2D eigenvalue weighted by atomic mass is 9.97. The van der Waals surface area contributed by atoms with Gasteiger partial charge in [-0.1, -0.05) is 32.8 Å². The quantitative estimate of drug-likeness (QED) is 0.115. The van der Waals surface area contributed by atoms with Crippen molar-refractivity contribution in [1.29, 1.82) is 0 Å². The minimum absolute atomic E-state index is 0.161. The standard InChI is InChI=1S/C28H36O5/c1-6-8-19-31-25-11-10-12-26(32-20-9-7-2)23(25)17-18-24(29)21-13-15-22(16-14-21)33-27(30)28(3,4)5/h10-18H,6-9,19-20H2,1-5H3. The van der Waals surface area contributed by atoms with Crippen LogP contribution < -0.4 is 14.2 Å². The van der Waals surface area contributed by atoms with Gasteiger partial charge in [0.05, 0.1) is 24.2 Å². The van der Waals surface area contributed by atoms with Gasteiger partial charge < -0.3 is 14.2 Å². The molecule has 0 heterocycles. The lowest BCUT2D eigenvalue weighted by Gasteiger charge is -2.16. The molecule has 5 nitrogen and oxygen atoms in total. The number of benzene rings is 2. The smallest absolute Gasteiger partial charge is 0.316 e. The molecule has 2 aromatic carbocycles. The van der Waals surface area contributed by atoms with Gasteiger partial charge in [0.1, 0.15) is 17.2 Å². The number of ketones is 1. The fraction of sp³-hybridized carbons (Fsp3) is 0.429. The minimum atomic E-state index is -0.597. The molecule has 0 unspecified atom stereocenters. The number of carbonyl (C=O) groups is 2. The normalized spacial score (nSPS) is 11.4. The van der Waals surface area contributed by atoms with E-state index in [1.165, 1.54) is 6.08 Å². The van der Waals surface area contributed by atoms with Crippen LogP contribution in [-0.2, 0) is 4.79 Å². The second-order valence-electron chi connectivity index (χ2n) is 8.93. The van der Waals surface area contributed by atoms with E-state index in [2.05, 4.69) is 13.8 Å². The van der Waals surface area contributed by atoms with Gasteiger partial charge in [-0.2, -0.15) is 0 Å². The number of esters is 1. The average Bonchev–Trinajstić information content (AvgIpc) is 2.78. The van der Waals surface area contributed by atoms with Crippen molar-refractivity contribution in [1.82, 2.24) is 0 Å². The molecule has 2 aromatic rings. The summed E-state index contributed by atoms with van der Waals surface area (Å²) in [6, 6.07) is 12.3. The van der Waals surface area contributed by atoms with E-state index < -0.39 is 5.41 Å². The van der Waals surface area contributed by atoms with Crippen LogP contribution in [0.1, 0.15) is 76.2 Å². The molecule has 0 aliphatic carbocycles. The van der Waals surface area contributed by atoms with E-state index in [1.807, 2.05) is 18.2 Å². The highest BCUT2D eigenvalue weighted by Gasteiger charge is 2.23. The molecular formula is C28H36O5. The Bertz CT molecular complexity index is 908. The molecule has 0 fully saturated rings. The molecule has 0 N–H and O–H groups in total. The van der Waals surface area contributed by atoms with E-state index in [9.17, 15) is 9.59 Å². The van der Waals surface area contributed by atoms with Crippen molar-refractivity contribution in [2.45, 2.75) is 60.3 Å². The van der Waals surface area contributed by atoms with Gasteiger partial charge >= 0.3 is 5.97 Å². The fourth-order valence-corrected chi connectivity index (χ4v) is 2.80. The highest BCUT2D eigenvalue weighted by Crippen LogP contribution is 2.31. The Balaban J connectivity index is 2.18.